The summed E-state index contributed by atoms with van der Waals surface area (Å²) >= 11 is 0. The minimum Gasteiger partial charge on any atom is -0.352 e. The van der Waals surface area contributed by atoms with Crippen molar-refractivity contribution >= 4 is 24.2 Å². The molecule has 0 spiro atoms. The second-order valence-electron chi connectivity index (χ2n) is 5.72. The molecule has 1 saturated heterocycles. The summed E-state index contributed by atoms with van der Waals surface area (Å²) in [5.74, 6) is 0.122. The van der Waals surface area contributed by atoms with Crippen molar-refractivity contribution in [1.82, 2.24) is 10.2 Å². The molecular weight excluding hydrogens is 314 g/mol. The van der Waals surface area contributed by atoms with Crippen LogP contribution in [0.2, 0.25) is 0 Å². The molecular formula is C17H26ClN3O2. The van der Waals surface area contributed by atoms with Gasteiger partial charge in [-0.2, -0.15) is 0 Å². The summed E-state index contributed by atoms with van der Waals surface area (Å²) in [4.78, 5) is 25.8. The fourth-order valence-corrected chi connectivity index (χ4v) is 2.60. The van der Waals surface area contributed by atoms with Crippen molar-refractivity contribution in [3.63, 3.8) is 0 Å². The zero-order chi connectivity index (χ0) is 15.8. The highest BCUT2D eigenvalue weighted by Crippen LogP contribution is 2.13. The number of halogens is 1. The van der Waals surface area contributed by atoms with Gasteiger partial charge < -0.3 is 16.0 Å². The Hall–Kier alpha value is -1.59. The van der Waals surface area contributed by atoms with E-state index in [0.29, 0.717) is 25.9 Å². The van der Waals surface area contributed by atoms with Gasteiger partial charge in [-0.15, -0.1) is 12.4 Å². The van der Waals surface area contributed by atoms with Crippen LogP contribution in [0.25, 0.3) is 0 Å². The maximum atomic E-state index is 12.3. The SMILES string of the molecule is Cl.NCCCC(=O)NCc1ccc(C(=O)N2CCCCC2)cc1. The van der Waals surface area contributed by atoms with Gasteiger partial charge in [0.1, 0.15) is 0 Å². The molecule has 0 aliphatic carbocycles. The Morgan fingerprint density at radius 3 is 2.35 bits per heavy atom. The molecule has 1 aromatic carbocycles. The van der Waals surface area contributed by atoms with E-state index in [2.05, 4.69) is 5.32 Å². The molecule has 6 heteroatoms. The second-order valence-corrected chi connectivity index (χ2v) is 5.72. The third-order valence-electron chi connectivity index (χ3n) is 3.94. The minimum atomic E-state index is 0. The van der Waals surface area contributed by atoms with Crippen molar-refractivity contribution in [3.05, 3.63) is 35.4 Å². The molecule has 0 atom stereocenters. The largest absolute Gasteiger partial charge is 0.352 e. The van der Waals surface area contributed by atoms with Gasteiger partial charge in [0, 0.05) is 31.6 Å². The normalized spacial score (nSPS) is 14.0. The van der Waals surface area contributed by atoms with Gasteiger partial charge in [-0.25, -0.2) is 0 Å². The van der Waals surface area contributed by atoms with Crippen LogP contribution in [0.5, 0.6) is 0 Å². The van der Waals surface area contributed by atoms with Gasteiger partial charge >= 0.3 is 0 Å². The lowest BCUT2D eigenvalue weighted by Gasteiger charge is -2.26. The van der Waals surface area contributed by atoms with E-state index in [1.165, 1.54) is 6.42 Å². The quantitative estimate of drug-likeness (QED) is 0.833. The Bertz CT molecular complexity index is 499. The average molecular weight is 340 g/mol. The fourth-order valence-electron chi connectivity index (χ4n) is 2.60. The predicted octanol–water partition coefficient (Wildman–Crippen LogP) is 2.09. The molecule has 128 valence electrons. The summed E-state index contributed by atoms with van der Waals surface area (Å²) < 4.78 is 0. The van der Waals surface area contributed by atoms with Crippen molar-refractivity contribution < 1.29 is 9.59 Å². The number of nitrogens with one attached hydrogen (secondary N) is 1. The number of benzene rings is 1. The predicted molar refractivity (Wildman–Crippen MR) is 93.6 cm³/mol. The van der Waals surface area contributed by atoms with Crippen molar-refractivity contribution in [3.8, 4) is 0 Å². The minimum absolute atomic E-state index is 0. The van der Waals surface area contributed by atoms with E-state index in [-0.39, 0.29) is 24.2 Å². The zero-order valence-electron chi connectivity index (χ0n) is 13.4. The maximum Gasteiger partial charge on any atom is 0.253 e. The topological polar surface area (TPSA) is 75.4 Å². The lowest BCUT2D eigenvalue weighted by Crippen LogP contribution is -2.35. The molecule has 0 radical (unpaired) electrons. The third kappa shape index (κ3) is 6.20. The van der Waals surface area contributed by atoms with Gasteiger partial charge in [-0.3, -0.25) is 9.59 Å². The van der Waals surface area contributed by atoms with Crippen LogP contribution >= 0.6 is 12.4 Å². The molecule has 3 N–H and O–H groups in total. The fraction of sp³-hybridized carbons (Fsp3) is 0.529. The van der Waals surface area contributed by atoms with E-state index in [4.69, 9.17) is 5.73 Å². The maximum absolute atomic E-state index is 12.3. The number of hydrogen-bond donors (Lipinski definition) is 2. The van der Waals surface area contributed by atoms with E-state index in [1.54, 1.807) is 0 Å². The van der Waals surface area contributed by atoms with Gasteiger partial charge in [0.05, 0.1) is 0 Å². The van der Waals surface area contributed by atoms with Gasteiger partial charge in [0.2, 0.25) is 5.91 Å². The number of likely N-dealkylation sites (tertiary alicyclic amines) is 1. The lowest BCUT2D eigenvalue weighted by atomic mass is 10.1. The van der Waals surface area contributed by atoms with Gasteiger partial charge in [-0.1, -0.05) is 12.1 Å². The second kappa shape index (κ2) is 10.2. The van der Waals surface area contributed by atoms with E-state index in [0.717, 1.165) is 37.1 Å². The molecule has 5 nitrogen and oxygen atoms in total. The Labute approximate surface area is 144 Å². The Morgan fingerprint density at radius 2 is 1.74 bits per heavy atom. The number of carbonyl (C=O) groups excluding carboxylic acids is 2. The molecule has 0 bridgehead atoms. The van der Waals surface area contributed by atoms with Crippen LogP contribution in [0.1, 0.15) is 48.0 Å². The molecule has 2 rings (SSSR count). The number of amides is 2. The average Bonchev–Trinajstić information content (AvgIpc) is 2.58. The molecule has 23 heavy (non-hydrogen) atoms. The Balaban J connectivity index is 0.00000264. The first kappa shape index (κ1) is 19.5. The molecule has 1 heterocycles. The highest BCUT2D eigenvalue weighted by atomic mass is 35.5. The Morgan fingerprint density at radius 1 is 1.09 bits per heavy atom. The summed E-state index contributed by atoms with van der Waals surface area (Å²) in [6, 6.07) is 7.50. The van der Waals surface area contributed by atoms with Crippen molar-refractivity contribution in [2.45, 2.75) is 38.6 Å². The highest BCUT2D eigenvalue weighted by Gasteiger charge is 2.17. The van der Waals surface area contributed by atoms with Crippen LogP contribution < -0.4 is 11.1 Å². The Kier molecular flexibility index (Phi) is 8.66. The molecule has 0 saturated carbocycles. The van der Waals surface area contributed by atoms with E-state index in [9.17, 15) is 9.59 Å². The van der Waals surface area contributed by atoms with Gasteiger partial charge in [0.25, 0.3) is 5.91 Å². The molecule has 1 fully saturated rings. The third-order valence-corrected chi connectivity index (χ3v) is 3.94. The molecule has 1 aliphatic heterocycles. The van der Waals surface area contributed by atoms with Crippen LogP contribution in [0.4, 0.5) is 0 Å². The number of nitrogens with two attached hydrogens (primary N) is 1. The summed E-state index contributed by atoms with van der Waals surface area (Å²) in [5.41, 5.74) is 7.09. The molecule has 2 amide bonds. The summed E-state index contributed by atoms with van der Waals surface area (Å²) in [5, 5.41) is 2.86. The van der Waals surface area contributed by atoms with E-state index >= 15 is 0 Å². The summed E-state index contributed by atoms with van der Waals surface area (Å²) in [6.45, 7) is 2.73. The van der Waals surface area contributed by atoms with Gasteiger partial charge in [-0.05, 0) is 49.9 Å². The monoisotopic (exact) mass is 339 g/mol. The molecule has 0 unspecified atom stereocenters. The van der Waals surface area contributed by atoms with Crippen LogP contribution in [-0.2, 0) is 11.3 Å². The van der Waals surface area contributed by atoms with Crippen LogP contribution in [0.15, 0.2) is 24.3 Å². The number of nitrogens with zero attached hydrogens (tertiary/aromatic N) is 1. The van der Waals surface area contributed by atoms with Crippen molar-refractivity contribution in [2.75, 3.05) is 19.6 Å². The number of carbonyl (C=O) groups is 2. The molecule has 1 aromatic rings. The van der Waals surface area contributed by atoms with Crippen LogP contribution in [-0.4, -0.2) is 36.3 Å². The molecule has 1 aliphatic rings. The standard InChI is InChI=1S/C17H25N3O2.ClH/c18-10-4-5-16(21)19-13-14-6-8-15(9-7-14)17(22)20-11-2-1-3-12-20;/h6-9H,1-5,10-13,18H2,(H,19,21);1H. The van der Waals surface area contributed by atoms with Crippen LogP contribution in [0.3, 0.4) is 0 Å². The zero-order valence-corrected chi connectivity index (χ0v) is 14.2. The van der Waals surface area contributed by atoms with E-state index < -0.39 is 0 Å². The van der Waals surface area contributed by atoms with E-state index in [1.807, 2.05) is 29.2 Å². The lowest BCUT2D eigenvalue weighted by molar-refractivity contribution is -0.121. The highest BCUT2D eigenvalue weighted by molar-refractivity contribution is 5.94. The smallest absolute Gasteiger partial charge is 0.253 e. The van der Waals surface area contributed by atoms with Crippen LogP contribution in [0, 0.1) is 0 Å². The number of piperidine rings is 1. The summed E-state index contributed by atoms with van der Waals surface area (Å²) in [6.07, 6.45) is 4.57. The van der Waals surface area contributed by atoms with Crippen molar-refractivity contribution in [2.24, 2.45) is 5.73 Å². The number of hydrogen-bond acceptors (Lipinski definition) is 3. The number of rotatable bonds is 6. The first-order valence-corrected chi connectivity index (χ1v) is 8.05. The molecule has 0 aromatic heterocycles. The first-order valence-electron chi connectivity index (χ1n) is 8.05. The first-order chi connectivity index (χ1) is 10.7. The summed E-state index contributed by atoms with van der Waals surface area (Å²) in [7, 11) is 0. The van der Waals surface area contributed by atoms with Crippen molar-refractivity contribution in [1.29, 1.82) is 0 Å². The van der Waals surface area contributed by atoms with Gasteiger partial charge in [0.15, 0.2) is 0 Å².